The second-order valence-electron chi connectivity index (χ2n) is 6.14. The number of benzene rings is 2. The van der Waals surface area contributed by atoms with Crippen LogP contribution in [0.4, 0.5) is 5.69 Å². The lowest BCUT2D eigenvalue weighted by Gasteiger charge is -2.30. The molecule has 2 aromatic carbocycles. The van der Waals surface area contributed by atoms with Gasteiger partial charge in [0.15, 0.2) is 0 Å². The van der Waals surface area contributed by atoms with Gasteiger partial charge in [0.1, 0.15) is 5.70 Å². The van der Waals surface area contributed by atoms with Crippen LogP contribution in [0.15, 0.2) is 59.1 Å². The predicted octanol–water partition coefficient (Wildman–Crippen LogP) is 1.97. The number of hydrogen-bond acceptors (Lipinski definition) is 5. The number of rotatable bonds is 4. The van der Waals surface area contributed by atoms with Gasteiger partial charge < -0.3 is 10.0 Å². The average molecular weight is 372 g/mol. The minimum atomic E-state index is -3.89. The van der Waals surface area contributed by atoms with Crippen molar-refractivity contribution in [3.8, 4) is 0 Å². The molecule has 0 saturated carbocycles. The average Bonchev–Trinajstić information content (AvgIpc) is 2.63. The number of nitrogens with zero attached hydrogens (tertiary/aromatic N) is 2. The third kappa shape index (κ3) is 3.11. The highest BCUT2D eigenvalue weighted by Gasteiger charge is 2.38. The molecule has 7 heteroatoms. The summed E-state index contributed by atoms with van der Waals surface area (Å²) in [5.74, 6) is -0.374. The van der Waals surface area contributed by atoms with Gasteiger partial charge in [-0.15, -0.1) is 0 Å². The lowest BCUT2D eigenvalue weighted by Crippen LogP contribution is -2.40. The molecule has 0 bridgehead atoms. The zero-order valence-corrected chi connectivity index (χ0v) is 15.4. The van der Waals surface area contributed by atoms with Crippen LogP contribution in [-0.2, 0) is 10.0 Å². The molecule has 2 aromatic rings. The van der Waals surface area contributed by atoms with Crippen molar-refractivity contribution >= 4 is 27.6 Å². The molecule has 26 heavy (non-hydrogen) atoms. The number of carbonyl (C=O) groups excluding carboxylic acids is 1. The van der Waals surface area contributed by atoms with Gasteiger partial charge in [-0.05, 0) is 35.9 Å². The molecule has 3 rings (SSSR count). The van der Waals surface area contributed by atoms with E-state index in [0.717, 1.165) is 9.99 Å². The van der Waals surface area contributed by atoms with E-state index in [0.29, 0.717) is 5.56 Å². The lowest BCUT2D eigenvalue weighted by molar-refractivity contribution is 0.0998. The highest BCUT2D eigenvalue weighted by molar-refractivity contribution is 7.89. The van der Waals surface area contributed by atoms with Crippen LogP contribution in [0, 0.1) is 0 Å². The maximum Gasteiger partial charge on any atom is 0.265 e. The number of allylic oxidation sites excluding steroid dienone is 1. The molecule has 1 aliphatic rings. The maximum atomic E-state index is 12.9. The SMILES string of the molecule is CN(C)c1ccc(C=C2C(=O)c3ccccc3S(=O)(=O)N2CCO)cc1. The Morgan fingerprint density at radius 1 is 1.08 bits per heavy atom. The molecule has 0 radical (unpaired) electrons. The summed E-state index contributed by atoms with van der Waals surface area (Å²) >= 11 is 0. The molecule has 0 fully saturated rings. The van der Waals surface area contributed by atoms with Crippen LogP contribution < -0.4 is 4.90 Å². The monoisotopic (exact) mass is 372 g/mol. The fraction of sp³-hybridized carbons (Fsp3) is 0.211. The van der Waals surface area contributed by atoms with Gasteiger partial charge in [0, 0.05) is 25.3 Å². The molecule has 1 heterocycles. The Labute approximate surface area is 153 Å². The standard InChI is InChI=1S/C19H20N2O4S/c1-20(2)15-9-7-14(8-10-15)13-17-19(23)16-5-3-4-6-18(16)26(24,25)21(17)11-12-22/h3-10,13,22H,11-12H2,1-2H3. The number of hydrogen-bond donors (Lipinski definition) is 1. The number of anilines is 1. The van der Waals surface area contributed by atoms with Crippen LogP contribution in [-0.4, -0.2) is 50.9 Å². The molecule has 1 aliphatic heterocycles. The Morgan fingerprint density at radius 2 is 1.73 bits per heavy atom. The summed E-state index contributed by atoms with van der Waals surface area (Å²) in [6, 6.07) is 13.5. The van der Waals surface area contributed by atoms with Crippen molar-refractivity contribution in [3.05, 3.63) is 65.4 Å². The van der Waals surface area contributed by atoms with Gasteiger partial charge in [-0.2, -0.15) is 0 Å². The van der Waals surface area contributed by atoms with E-state index in [-0.39, 0.29) is 35.1 Å². The first kappa shape index (κ1) is 18.2. The molecular formula is C19H20N2O4S. The van der Waals surface area contributed by atoms with Gasteiger partial charge in [0.2, 0.25) is 5.78 Å². The molecule has 0 saturated heterocycles. The van der Waals surface area contributed by atoms with E-state index in [9.17, 15) is 18.3 Å². The zero-order valence-electron chi connectivity index (χ0n) is 14.6. The van der Waals surface area contributed by atoms with Crippen LogP contribution in [0.5, 0.6) is 0 Å². The summed E-state index contributed by atoms with van der Waals surface area (Å²) in [6.45, 7) is -0.560. The Kier molecular flexibility index (Phi) is 4.84. The summed E-state index contributed by atoms with van der Waals surface area (Å²) < 4.78 is 26.8. The number of carbonyl (C=O) groups is 1. The normalized spacial score (nSPS) is 17.3. The van der Waals surface area contributed by atoms with Crippen molar-refractivity contribution in [2.75, 3.05) is 32.1 Å². The number of aliphatic hydroxyl groups is 1. The molecule has 0 amide bonds. The van der Waals surface area contributed by atoms with E-state index in [2.05, 4.69) is 0 Å². The van der Waals surface area contributed by atoms with E-state index < -0.39 is 10.0 Å². The first-order valence-corrected chi connectivity index (χ1v) is 9.56. The third-order valence-corrected chi connectivity index (χ3v) is 6.09. The van der Waals surface area contributed by atoms with E-state index >= 15 is 0 Å². The molecule has 0 atom stereocenters. The smallest absolute Gasteiger partial charge is 0.265 e. The second-order valence-corrected chi connectivity index (χ2v) is 7.97. The minimum Gasteiger partial charge on any atom is -0.394 e. The van der Waals surface area contributed by atoms with Crippen LogP contribution in [0.1, 0.15) is 15.9 Å². The summed E-state index contributed by atoms with van der Waals surface area (Å²) in [7, 11) is -0.0503. The highest BCUT2D eigenvalue weighted by Crippen LogP contribution is 2.33. The number of ketones is 1. The number of β-amino-alcohol motifs (C(OH)–C–C–N with tert-alkyl or cyclic N) is 1. The Balaban J connectivity index is 2.13. The summed E-state index contributed by atoms with van der Waals surface area (Å²) in [5, 5.41) is 9.32. The number of fused-ring (bicyclic) bond motifs is 1. The molecule has 1 N–H and O–H groups in total. The van der Waals surface area contributed by atoms with Crippen molar-refractivity contribution in [3.63, 3.8) is 0 Å². The predicted molar refractivity (Wildman–Crippen MR) is 100 cm³/mol. The molecular weight excluding hydrogens is 352 g/mol. The molecule has 6 nitrogen and oxygen atoms in total. The van der Waals surface area contributed by atoms with Crippen LogP contribution in [0.3, 0.4) is 0 Å². The van der Waals surface area contributed by atoms with Crippen molar-refractivity contribution in [1.82, 2.24) is 4.31 Å². The Hall–Kier alpha value is -2.64. The first-order chi connectivity index (χ1) is 12.4. The quantitative estimate of drug-likeness (QED) is 0.831. The fourth-order valence-corrected chi connectivity index (χ4v) is 4.52. The zero-order chi connectivity index (χ0) is 18.9. The van der Waals surface area contributed by atoms with Crippen molar-refractivity contribution < 1.29 is 18.3 Å². The summed E-state index contributed by atoms with van der Waals surface area (Å²) in [6.07, 6.45) is 1.55. The molecule has 136 valence electrons. The lowest BCUT2D eigenvalue weighted by atomic mass is 10.0. The second kappa shape index (κ2) is 6.93. The molecule has 0 aliphatic carbocycles. The van der Waals surface area contributed by atoms with Gasteiger partial charge in [-0.25, -0.2) is 8.42 Å². The van der Waals surface area contributed by atoms with Crippen molar-refractivity contribution in [2.24, 2.45) is 0 Å². The highest BCUT2D eigenvalue weighted by atomic mass is 32.2. The van der Waals surface area contributed by atoms with Gasteiger partial charge >= 0.3 is 0 Å². The maximum absolute atomic E-state index is 12.9. The summed E-state index contributed by atoms with van der Waals surface area (Å²) in [4.78, 5) is 14.8. The first-order valence-electron chi connectivity index (χ1n) is 8.12. The van der Waals surface area contributed by atoms with Gasteiger partial charge in [0.05, 0.1) is 18.0 Å². The minimum absolute atomic E-state index is 0.0291. The number of aliphatic hydroxyl groups excluding tert-OH is 1. The molecule has 0 aromatic heterocycles. The van der Waals surface area contributed by atoms with Crippen LogP contribution >= 0.6 is 0 Å². The van der Waals surface area contributed by atoms with Crippen LogP contribution in [0.2, 0.25) is 0 Å². The largest absolute Gasteiger partial charge is 0.394 e. The van der Waals surface area contributed by atoms with E-state index in [1.165, 1.54) is 12.1 Å². The van der Waals surface area contributed by atoms with Crippen LogP contribution in [0.25, 0.3) is 6.08 Å². The van der Waals surface area contributed by atoms with Crippen molar-refractivity contribution in [2.45, 2.75) is 4.90 Å². The number of sulfonamides is 1. The third-order valence-electron chi connectivity index (χ3n) is 4.22. The van der Waals surface area contributed by atoms with Gasteiger partial charge in [0.25, 0.3) is 10.0 Å². The molecule has 0 spiro atoms. The van der Waals surface area contributed by atoms with E-state index in [1.54, 1.807) is 18.2 Å². The fourth-order valence-electron chi connectivity index (χ4n) is 2.87. The molecule has 0 unspecified atom stereocenters. The van der Waals surface area contributed by atoms with Gasteiger partial charge in [-0.1, -0.05) is 24.3 Å². The van der Waals surface area contributed by atoms with Crippen molar-refractivity contribution in [1.29, 1.82) is 0 Å². The topological polar surface area (TPSA) is 77.9 Å². The Morgan fingerprint density at radius 3 is 2.35 bits per heavy atom. The van der Waals surface area contributed by atoms with E-state index in [1.807, 2.05) is 43.3 Å². The Bertz CT molecular complexity index is 963. The van der Waals surface area contributed by atoms with Gasteiger partial charge in [-0.3, -0.25) is 9.10 Å². The van der Waals surface area contributed by atoms with E-state index in [4.69, 9.17) is 0 Å². The number of Topliss-reactive ketones (excluding diaryl/α,β-unsaturated/α-hetero) is 1. The summed E-state index contributed by atoms with van der Waals surface area (Å²) in [5.41, 5.74) is 1.89.